The summed E-state index contributed by atoms with van der Waals surface area (Å²) in [6.45, 7) is 1.76. The highest BCUT2D eigenvalue weighted by atomic mass is 19.4. The first kappa shape index (κ1) is 27.2. The average Bonchev–Trinajstić information content (AvgIpc) is 3.35. The monoisotopic (exact) mass is 533 g/mol. The van der Waals surface area contributed by atoms with Crippen molar-refractivity contribution in [3.63, 3.8) is 0 Å². The van der Waals surface area contributed by atoms with Crippen LogP contribution < -0.4 is 14.8 Å². The zero-order valence-electron chi connectivity index (χ0n) is 20.6. The third-order valence-electron chi connectivity index (χ3n) is 7.16. The van der Waals surface area contributed by atoms with Crippen molar-refractivity contribution in [3.05, 3.63) is 71.5 Å². The van der Waals surface area contributed by atoms with Crippen LogP contribution in [0.15, 0.2) is 54.6 Å². The third-order valence-corrected chi connectivity index (χ3v) is 7.16. The van der Waals surface area contributed by atoms with Crippen LogP contribution in [0.25, 0.3) is 10.8 Å². The van der Waals surface area contributed by atoms with E-state index >= 15 is 0 Å². The molecule has 0 heterocycles. The number of carboxylic acids is 1. The highest BCUT2D eigenvalue weighted by Crippen LogP contribution is 2.44. The molecular weight excluding hydrogens is 506 g/mol. The first-order chi connectivity index (χ1) is 18.0. The Morgan fingerprint density at radius 1 is 1.05 bits per heavy atom. The van der Waals surface area contributed by atoms with E-state index in [-0.39, 0.29) is 17.9 Å². The lowest BCUT2D eigenvalue weighted by atomic mass is 9.76. The maximum atomic E-state index is 14.2. The predicted octanol–water partition coefficient (Wildman–Crippen LogP) is 6.61. The van der Waals surface area contributed by atoms with Gasteiger partial charge in [-0.3, -0.25) is 4.79 Å². The predicted molar refractivity (Wildman–Crippen MR) is 131 cm³/mol. The second kappa shape index (κ2) is 10.9. The van der Waals surface area contributed by atoms with E-state index < -0.39 is 41.3 Å². The standard InChI is InChI=1S/C28H27F4NO5/c1-2-27(13-3-4-14-27)24(26(35)36)33-25(34)21-12-8-18-7-9-19(29)15-22(18)23(21)37-16-17-5-10-20(11-6-17)38-28(30,31)32/h5-12,15,24H,2-4,13-14,16H2,1H3,(H,33,34)(H,35,36)/t24-/m1/s1. The second-order valence-corrected chi connectivity index (χ2v) is 9.46. The topological polar surface area (TPSA) is 84.9 Å². The van der Waals surface area contributed by atoms with Gasteiger partial charge in [-0.15, -0.1) is 13.2 Å². The van der Waals surface area contributed by atoms with E-state index in [1.807, 2.05) is 6.92 Å². The summed E-state index contributed by atoms with van der Waals surface area (Å²) < 4.78 is 61.3. The van der Waals surface area contributed by atoms with Crippen molar-refractivity contribution >= 4 is 22.6 Å². The van der Waals surface area contributed by atoms with Gasteiger partial charge in [0.05, 0.1) is 5.56 Å². The van der Waals surface area contributed by atoms with Crippen LogP contribution in [0.2, 0.25) is 0 Å². The lowest BCUT2D eigenvalue weighted by molar-refractivity contribution is -0.274. The van der Waals surface area contributed by atoms with Crippen molar-refractivity contribution in [1.29, 1.82) is 0 Å². The molecule has 2 N–H and O–H groups in total. The minimum Gasteiger partial charge on any atom is -0.487 e. The Morgan fingerprint density at radius 2 is 1.71 bits per heavy atom. The summed E-state index contributed by atoms with van der Waals surface area (Å²) in [6, 6.07) is 11.0. The van der Waals surface area contributed by atoms with Gasteiger partial charge in [-0.2, -0.15) is 0 Å². The van der Waals surface area contributed by atoms with E-state index in [0.29, 0.717) is 35.6 Å². The molecule has 0 aliphatic heterocycles. The number of rotatable bonds is 9. The van der Waals surface area contributed by atoms with E-state index in [1.165, 1.54) is 36.4 Å². The van der Waals surface area contributed by atoms with Gasteiger partial charge in [-0.25, -0.2) is 9.18 Å². The molecule has 10 heteroatoms. The number of ether oxygens (including phenoxy) is 2. The van der Waals surface area contributed by atoms with Crippen molar-refractivity contribution in [2.45, 2.75) is 58.0 Å². The van der Waals surface area contributed by atoms with Gasteiger partial charge in [-0.1, -0.05) is 44.0 Å². The molecule has 0 saturated heterocycles. The molecular formula is C28H27F4NO5. The minimum absolute atomic E-state index is 0.0237. The van der Waals surface area contributed by atoms with Gasteiger partial charge in [0.2, 0.25) is 0 Å². The van der Waals surface area contributed by atoms with Crippen LogP contribution in [-0.2, 0) is 11.4 Å². The highest BCUT2D eigenvalue weighted by Gasteiger charge is 2.45. The number of carbonyl (C=O) groups is 2. The number of carbonyl (C=O) groups excluding carboxylic acids is 1. The largest absolute Gasteiger partial charge is 0.573 e. The van der Waals surface area contributed by atoms with Gasteiger partial charge >= 0.3 is 12.3 Å². The second-order valence-electron chi connectivity index (χ2n) is 9.46. The first-order valence-electron chi connectivity index (χ1n) is 12.2. The number of alkyl halides is 3. The van der Waals surface area contributed by atoms with Crippen molar-refractivity contribution in [1.82, 2.24) is 5.32 Å². The number of benzene rings is 3. The smallest absolute Gasteiger partial charge is 0.487 e. The summed E-state index contributed by atoms with van der Waals surface area (Å²) in [4.78, 5) is 25.6. The molecule has 3 aromatic carbocycles. The lowest BCUT2D eigenvalue weighted by Crippen LogP contribution is -2.51. The van der Waals surface area contributed by atoms with E-state index in [9.17, 15) is 32.3 Å². The number of hydrogen-bond acceptors (Lipinski definition) is 4. The van der Waals surface area contributed by atoms with Gasteiger partial charge in [0, 0.05) is 10.8 Å². The minimum atomic E-state index is -4.82. The molecule has 1 atom stereocenters. The van der Waals surface area contributed by atoms with E-state index in [2.05, 4.69) is 10.1 Å². The summed E-state index contributed by atoms with van der Waals surface area (Å²) >= 11 is 0. The molecule has 1 fully saturated rings. The highest BCUT2D eigenvalue weighted by molar-refractivity contribution is 6.05. The summed E-state index contributed by atoms with van der Waals surface area (Å²) in [6.07, 6.45) is -1.11. The number of fused-ring (bicyclic) bond motifs is 1. The van der Waals surface area contributed by atoms with Crippen LogP contribution in [0.5, 0.6) is 11.5 Å². The molecule has 0 aromatic heterocycles. The van der Waals surface area contributed by atoms with E-state index in [4.69, 9.17) is 4.74 Å². The van der Waals surface area contributed by atoms with Crippen LogP contribution >= 0.6 is 0 Å². The summed E-state index contributed by atoms with van der Waals surface area (Å²) in [7, 11) is 0. The SMILES string of the molecule is CCC1([C@H](NC(=O)c2ccc3ccc(F)cc3c2OCc2ccc(OC(F)(F)F)cc2)C(=O)O)CCCC1. The normalized spacial score (nSPS) is 15.7. The molecule has 202 valence electrons. The van der Waals surface area contributed by atoms with Gasteiger partial charge in [0.1, 0.15) is 30.0 Å². The molecule has 1 aliphatic carbocycles. The maximum absolute atomic E-state index is 14.2. The molecule has 0 spiro atoms. The molecule has 4 rings (SSSR count). The van der Waals surface area contributed by atoms with Crippen LogP contribution in [-0.4, -0.2) is 29.4 Å². The molecule has 1 aliphatic rings. The first-order valence-corrected chi connectivity index (χ1v) is 12.2. The number of hydrogen-bond donors (Lipinski definition) is 2. The Labute approximate surface area is 216 Å². The van der Waals surface area contributed by atoms with Crippen molar-refractivity contribution < 1.29 is 41.7 Å². The molecule has 1 saturated carbocycles. The van der Waals surface area contributed by atoms with Crippen molar-refractivity contribution in [3.8, 4) is 11.5 Å². The van der Waals surface area contributed by atoms with Gasteiger partial charge < -0.3 is 19.9 Å². The van der Waals surface area contributed by atoms with Crippen LogP contribution in [0.1, 0.15) is 54.9 Å². The van der Waals surface area contributed by atoms with Crippen LogP contribution in [0.4, 0.5) is 17.6 Å². The number of carboxylic acid groups (broad SMARTS) is 1. The fraction of sp³-hybridized carbons (Fsp3) is 0.357. The Bertz CT molecular complexity index is 1320. The molecule has 38 heavy (non-hydrogen) atoms. The number of halogens is 4. The Kier molecular flexibility index (Phi) is 7.80. The average molecular weight is 534 g/mol. The Hall–Kier alpha value is -3.82. The third kappa shape index (κ3) is 6.00. The number of aliphatic carboxylic acids is 1. The Balaban J connectivity index is 1.64. The van der Waals surface area contributed by atoms with Gasteiger partial charge in [-0.05, 0) is 60.5 Å². The van der Waals surface area contributed by atoms with Crippen LogP contribution in [0, 0.1) is 11.2 Å². The molecule has 6 nitrogen and oxygen atoms in total. The molecule has 3 aromatic rings. The summed E-state index contributed by atoms with van der Waals surface area (Å²) in [5, 5.41) is 13.5. The Morgan fingerprint density at radius 3 is 2.32 bits per heavy atom. The fourth-order valence-electron chi connectivity index (χ4n) is 5.15. The van der Waals surface area contributed by atoms with Crippen LogP contribution in [0.3, 0.4) is 0 Å². The zero-order chi connectivity index (χ0) is 27.5. The molecule has 1 amide bonds. The maximum Gasteiger partial charge on any atom is 0.573 e. The summed E-state index contributed by atoms with van der Waals surface area (Å²) in [5.74, 6) is -2.72. The fourth-order valence-corrected chi connectivity index (χ4v) is 5.15. The lowest BCUT2D eigenvalue weighted by Gasteiger charge is -2.34. The van der Waals surface area contributed by atoms with Crippen molar-refractivity contribution in [2.24, 2.45) is 5.41 Å². The molecule has 0 radical (unpaired) electrons. The van der Waals surface area contributed by atoms with Crippen molar-refractivity contribution in [2.75, 3.05) is 0 Å². The van der Waals surface area contributed by atoms with Gasteiger partial charge in [0.15, 0.2) is 0 Å². The molecule has 0 bridgehead atoms. The number of amides is 1. The van der Waals surface area contributed by atoms with E-state index in [0.717, 1.165) is 25.0 Å². The number of nitrogens with one attached hydrogen (secondary N) is 1. The summed E-state index contributed by atoms with van der Waals surface area (Å²) in [5.41, 5.74) is -0.0691. The van der Waals surface area contributed by atoms with Gasteiger partial charge in [0.25, 0.3) is 5.91 Å². The zero-order valence-corrected chi connectivity index (χ0v) is 20.6. The van der Waals surface area contributed by atoms with E-state index in [1.54, 1.807) is 6.07 Å². The quantitative estimate of drug-likeness (QED) is 0.303. The molecule has 0 unspecified atom stereocenters.